The Morgan fingerprint density at radius 1 is 1.19 bits per heavy atom. The average molecular weight is 356 g/mol. The summed E-state index contributed by atoms with van der Waals surface area (Å²) in [7, 11) is 0. The van der Waals surface area contributed by atoms with Crippen molar-refractivity contribution in [3.8, 4) is 0 Å². The molecule has 0 radical (unpaired) electrons. The second kappa shape index (κ2) is 9.80. The Balaban J connectivity index is 1.60. The predicted octanol–water partition coefficient (Wildman–Crippen LogP) is 5.53. The van der Waals surface area contributed by atoms with Gasteiger partial charge < -0.3 is 10.1 Å². The molecule has 26 heavy (non-hydrogen) atoms. The minimum absolute atomic E-state index is 0.269. The van der Waals surface area contributed by atoms with Crippen LogP contribution in [0.25, 0.3) is 0 Å². The number of carbonyl (C=O) groups excluding carboxylic acids is 1. The summed E-state index contributed by atoms with van der Waals surface area (Å²) in [5.41, 5.74) is 4.46. The predicted molar refractivity (Wildman–Crippen MR) is 107 cm³/mol. The SMILES string of the molecule is C=CCCCC[C@H]1CCc2cc([C@H]3CCCCOC(=O)NC3)ccc2C1. The lowest BCUT2D eigenvalue weighted by molar-refractivity contribution is 0.146. The van der Waals surface area contributed by atoms with Gasteiger partial charge >= 0.3 is 6.09 Å². The second-order valence-electron chi connectivity index (χ2n) is 7.92. The molecular weight excluding hydrogens is 322 g/mol. The molecular formula is C23H33NO2. The zero-order chi connectivity index (χ0) is 18.2. The first-order chi connectivity index (χ1) is 12.8. The van der Waals surface area contributed by atoms with Crippen molar-refractivity contribution in [2.24, 2.45) is 5.92 Å². The molecule has 1 aliphatic heterocycles. The molecule has 1 heterocycles. The number of hydrogen-bond acceptors (Lipinski definition) is 2. The highest BCUT2D eigenvalue weighted by atomic mass is 16.5. The number of ether oxygens (including phenoxy) is 1. The zero-order valence-electron chi connectivity index (χ0n) is 16.0. The first-order valence-corrected chi connectivity index (χ1v) is 10.4. The van der Waals surface area contributed by atoms with Crippen molar-refractivity contribution in [1.29, 1.82) is 0 Å². The van der Waals surface area contributed by atoms with Crippen molar-refractivity contribution >= 4 is 6.09 Å². The number of rotatable bonds is 6. The minimum atomic E-state index is -0.269. The fourth-order valence-electron chi connectivity index (χ4n) is 4.37. The average Bonchev–Trinajstić information content (AvgIpc) is 2.77. The van der Waals surface area contributed by atoms with E-state index in [0.29, 0.717) is 19.1 Å². The highest BCUT2D eigenvalue weighted by molar-refractivity contribution is 5.67. The third kappa shape index (κ3) is 5.36. The number of allylic oxidation sites excluding steroid dienone is 1. The summed E-state index contributed by atoms with van der Waals surface area (Å²) in [6, 6.07) is 7.07. The van der Waals surface area contributed by atoms with Crippen LogP contribution >= 0.6 is 0 Å². The third-order valence-corrected chi connectivity index (χ3v) is 5.98. The third-order valence-electron chi connectivity index (χ3n) is 5.98. The van der Waals surface area contributed by atoms with Crippen LogP contribution in [0.3, 0.4) is 0 Å². The summed E-state index contributed by atoms with van der Waals surface area (Å²) in [6.45, 7) is 5.03. The Kier molecular flexibility index (Phi) is 7.16. The molecule has 2 atom stereocenters. The number of alkyl carbamates (subject to hydrolysis) is 1. The maximum absolute atomic E-state index is 11.6. The number of amides is 1. The monoisotopic (exact) mass is 355 g/mol. The molecule has 0 unspecified atom stereocenters. The summed E-state index contributed by atoms with van der Waals surface area (Å²) in [6.07, 6.45) is 13.8. The van der Waals surface area contributed by atoms with Gasteiger partial charge in [-0.15, -0.1) is 6.58 Å². The Morgan fingerprint density at radius 3 is 3.00 bits per heavy atom. The zero-order valence-corrected chi connectivity index (χ0v) is 16.0. The molecule has 0 saturated carbocycles. The van der Waals surface area contributed by atoms with Crippen LogP contribution in [0.5, 0.6) is 0 Å². The fraction of sp³-hybridized carbons (Fsp3) is 0.609. The largest absolute Gasteiger partial charge is 0.450 e. The molecule has 0 spiro atoms. The smallest absolute Gasteiger partial charge is 0.407 e. The van der Waals surface area contributed by atoms with E-state index in [1.807, 2.05) is 6.08 Å². The van der Waals surface area contributed by atoms with E-state index in [4.69, 9.17) is 4.74 Å². The molecule has 0 aromatic heterocycles. The van der Waals surface area contributed by atoms with Crippen LogP contribution in [-0.4, -0.2) is 19.2 Å². The number of benzene rings is 1. The van der Waals surface area contributed by atoms with Crippen LogP contribution in [-0.2, 0) is 17.6 Å². The Labute approximate surface area is 158 Å². The van der Waals surface area contributed by atoms with E-state index < -0.39 is 0 Å². The topological polar surface area (TPSA) is 38.3 Å². The molecule has 142 valence electrons. The maximum atomic E-state index is 11.6. The molecule has 1 aromatic carbocycles. The normalized spacial score (nSPS) is 23.6. The molecule has 1 N–H and O–H groups in total. The molecule has 1 amide bonds. The van der Waals surface area contributed by atoms with Crippen LogP contribution in [0.2, 0.25) is 0 Å². The molecule has 3 rings (SSSR count). The number of nitrogens with one attached hydrogen (secondary N) is 1. The Morgan fingerprint density at radius 2 is 2.12 bits per heavy atom. The van der Waals surface area contributed by atoms with Gasteiger partial charge in [0.05, 0.1) is 6.61 Å². The van der Waals surface area contributed by atoms with Crippen molar-refractivity contribution in [3.63, 3.8) is 0 Å². The van der Waals surface area contributed by atoms with E-state index >= 15 is 0 Å². The standard InChI is InChI=1S/C23H33NO2/c1-2-3-4-5-8-18-10-11-20-16-21(13-12-19(20)15-18)22-9-6-7-14-26-23(25)24-17-22/h2,12-13,16,18,22H,1,3-11,14-15,17H2,(H,24,25)/t18-,22-/m0/s1. The number of carbonyl (C=O) groups is 1. The lowest BCUT2D eigenvalue weighted by Gasteiger charge is -2.26. The van der Waals surface area contributed by atoms with Crippen molar-refractivity contribution in [2.45, 2.75) is 70.1 Å². The van der Waals surface area contributed by atoms with Crippen LogP contribution in [0, 0.1) is 5.92 Å². The number of fused-ring (bicyclic) bond motifs is 1. The van der Waals surface area contributed by atoms with E-state index in [9.17, 15) is 4.79 Å². The number of cyclic esters (lactones) is 1. The van der Waals surface area contributed by atoms with Crippen LogP contribution in [0.15, 0.2) is 30.9 Å². The van der Waals surface area contributed by atoms with Crippen LogP contribution in [0.4, 0.5) is 4.79 Å². The van der Waals surface area contributed by atoms with Gasteiger partial charge in [0.25, 0.3) is 0 Å². The maximum Gasteiger partial charge on any atom is 0.407 e. The molecule has 0 bridgehead atoms. The number of aryl methyl sites for hydroxylation is 1. The van der Waals surface area contributed by atoms with Gasteiger partial charge in [-0.2, -0.15) is 0 Å². The van der Waals surface area contributed by atoms with Crippen LogP contribution < -0.4 is 5.32 Å². The Bertz CT molecular complexity index is 610. The van der Waals surface area contributed by atoms with Gasteiger partial charge in [0.2, 0.25) is 0 Å². The highest BCUT2D eigenvalue weighted by Gasteiger charge is 2.21. The van der Waals surface area contributed by atoms with Crippen molar-refractivity contribution in [1.82, 2.24) is 5.32 Å². The summed E-state index contributed by atoms with van der Waals surface area (Å²) < 4.78 is 5.14. The molecule has 3 nitrogen and oxygen atoms in total. The van der Waals surface area contributed by atoms with Crippen molar-refractivity contribution < 1.29 is 9.53 Å². The van der Waals surface area contributed by atoms with E-state index in [1.165, 1.54) is 49.7 Å². The lowest BCUT2D eigenvalue weighted by Crippen LogP contribution is -2.28. The van der Waals surface area contributed by atoms with Gasteiger partial charge in [-0.1, -0.05) is 37.1 Å². The summed E-state index contributed by atoms with van der Waals surface area (Å²) in [5.74, 6) is 1.25. The molecule has 3 heteroatoms. The molecule has 1 saturated heterocycles. The molecule has 1 aliphatic carbocycles. The molecule has 1 aromatic rings. The van der Waals surface area contributed by atoms with Gasteiger partial charge in [-0.3, -0.25) is 0 Å². The first kappa shape index (κ1) is 19.0. The summed E-state index contributed by atoms with van der Waals surface area (Å²) >= 11 is 0. The van der Waals surface area contributed by atoms with Crippen molar-refractivity contribution in [2.75, 3.05) is 13.2 Å². The van der Waals surface area contributed by atoms with E-state index in [-0.39, 0.29) is 6.09 Å². The van der Waals surface area contributed by atoms with Gasteiger partial charge in [0.1, 0.15) is 0 Å². The fourth-order valence-corrected chi connectivity index (χ4v) is 4.37. The van der Waals surface area contributed by atoms with E-state index in [0.717, 1.165) is 31.6 Å². The van der Waals surface area contributed by atoms with Crippen molar-refractivity contribution in [3.05, 3.63) is 47.5 Å². The lowest BCUT2D eigenvalue weighted by atomic mass is 9.79. The van der Waals surface area contributed by atoms with Gasteiger partial charge in [0.15, 0.2) is 0 Å². The Hall–Kier alpha value is -1.77. The first-order valence-electron chi connectivity index (χ1n) is 10.4. The second-order valence-corrected chi connectivity index (χ2v) is 7.92. The molecule has 2 aliphatic rings. The van der Waals surface area contributed by atoms with Crippen LogP contribution in [0.1, 0.15) is 74.0 Å². The highest BCUT2D eigenvalue weighted by Crippen LogP contribution is 2.32. The summed E-state index contributed by atoms with van der Waals surface area (Å²) in [4.78, 5) is 11.6. The van der Waals surface area contributed by atoms with E-state index in [2.05, 4.69) is 30.1 Å². The molecule has 1 fully saturated rings. The van der Waals surface area contributed by atoms with Gasteiger partial charge in [-0.05, 0) is 74.0 Å². The minimum Gasteiger partial charge on any atom is -0.450 e. The van der Waals surface area contributed by atoms with Gasteiger partial charge in [-0.25, -0.2) is 4.79 Å². The van der Waals surface area contributed by atoms with E-state index in [1.54, 1.807) is 5.56 Å². The summed E-state index contributed by atoms with van der Waals surface area (Å²) in [5, 5.41) is 2.93. The number of unbranched alkanes of at least 4 members (excludes halogenated alkanes) is 2. The number of hydrogen-bond donors (Lipinski definition) is 1. The quantitative estimate of drug-likeness (QED) is 0.538. The van der Waals surface area contributed by atoms with Gasteiger partial charge in [0, 0.05) is 12.5 Å².